The maximum absolute atomic E-state index is 12.8. The third-order valence-corrected chi connectivity index (χ3v) is 4.64. The summed E-state index contributed by atoms with van der Waals surface area (Å²) in [5.41, 5.74) is 0.671. The first-order valence-electron chi connectivity index (χ1n) is 8.85. The smallest absolute Gasteiger partial charge is 0.310 e. The molecule has 0 radical (unpaired) electrons. The highest BCUT2D eigenvalue weighted by Crippen LogP contribution is 2.36. The lowest BCUT2D eigenvalue weighted by Crippen LogP contribution is -2.59. The number of nitrogens with one attached hydrogen (secondary N) is 1. The number of anilines is 2. The fourth-order valence-corrected chi connectivity index (χ4v) is 3.16. The van der Waals surface area contributed by atoms with Crippen LogP contribution < -0.4 is 15.0 Å². The number of benzene rings is 2. The first kappa shape index (κ1) is 19.4. The molecule has 0 unspecified atom stereocenters. The molecular formula is C21H22N2O5. The second kappa shape index (κ2) is 7.72. The van der Waals surface area contributed by atoms with E-state index in [0.29, 0.717) is 22.7 Å². The van der Waals surface area contributed by atoms with Gasteiger partial charge in [0, 0.05) is 5.56 Å². The molecule has 0 fully saturated rings. The number of carbonyl (C=O) groups is 3. The number of ether oxygens (including phenoxy) is 2. The van der Waals surface area contributed by atoms with Crippen molar-refractivity contribution in [1.29, 1.82) is 0 Å². The van der Waals surface area contributed by atoms with Crippen molar-refractivity contribution in [2.75, 3.05) is 23.9 Å². The lowest BCUT2D eigenvalue weighted by molar-refractivity contribution is -0.147. The maximum atomic E-state index is 12.8. The largest absolute Gasteiger partial charge is 0.496 e. The van der Waals surface area contributed by atoms with E-state index in [-0.39, 0.29) is 12.3 Å². The van der Waals surface area contributed by atoms with Crippen LogP contribution in [0.15, 0.2) is 48.5 Å². The van der Waals surface area contributed by atoms with Crippen molar-refractivity contribution in [1.82, 2.24) is 0 Å². The topological polar surface area (TPSA) is 84.9 Å². The number of hydrogen-bond donors (Lipinski definition) is 1. The zero-order valence-corrected chi connectivity index (χ0v) is 16.0. The number of rotatable bonds is 5. The number of carbonyl (C=O) groups excluding carboxylic acids is 3. The van der Waals surface area contributed by atoms with Crippen molar-refractivity contribution in [3.63, 3.8) is 0 Å². The summed E-state index contributed by atoms with van der Waals surface area (Å²) in [5, 5.41) is 2.79. The van der Waals surface area contributed by atoms with E-state index in [2.05, 4.69) is 5.32 Å². The molecule has 1 aliphatic rings. The van der Waals surface area contributed by atoms with Crippen molar-refractivity contribution in [2.45, 2.75) is 25.8 Å². The monoisotopic (exact) mass is 382 g/mol. The molecule has 1 aliphatic heterocycles. The Hall–Kier alpha value is -3.35. The third kappa shape index (κ3) is 3.69. The molecule has 0 aromatic heterocycles. The van der Waals surface area contributed by atoms with Crippen LogP contribution in [-0.2, 0) is 25.5 Å². The molecule has 0 bridgehead atoms. The quantitative estimate of drug-likeness (QED) is 0.804. The van der Waals surface area contributed by atoms with E-state index in [4.69, 9.17) is 9.47 Å². The minimum atomic E-state index is -1.11. The first-order chi connectivity index (χ1) is 13.3. The van der Waals surface area contributed by atoms with Gasteiger partial charge in [0.1, 0.15) is 11.3 Å². The summed E-state index contributed by atoms with van der Waals surface area (Å²) >= 11 is 0. The zero-order valence-electron chi connectivity index (χ0n) is 16.0. The van der Waals surface area contributed by atoms with Gasteiger partial charge in [0.25, 0.3) is 5.91 Å². The fourth-order valence-electron chi connectivity index (χ4n) is 3.16. The number of fused-ring (bicyclic) bond motifs is 1. The lowest BCUT2D eigenvalue weighted by atomic mass is 9.96. The molecule has 2 amide bonds. The van der Waals surface area contributed by atoms with Gasteiger partial charge in [-0.2, -0.15) is 0 Å². The molecule has 1 heterocycles. The Morgan fingerprint density at radius 1 is 1.07 bits per heavy atom. The molecule has 1 N–H and O–H groups in total. The van der Waals surface area contributed by atoms with Crippen molar-refractivity contribution in [3.8, 4) is 5.75 Å². The molecule has 0 spiro atoms. The Labute approximate surface area is 163 Å². The van der Waals surface area contributed by atoms with Gasteiger partial charge in [-0.15, -0.1) is 0 Å². The highest BCUT2D eigenvalue weighted by molar-refractivity contribution is 6.14. The normalized spacial score (nSPS) is 14.7. The molecule has 0 atom stereocenters. The summed E-state index contributed by atoms with van der Waals surface area (Å²) in [5.74, 6) is -0.750. The molecule has 28 heavy (non-hydrogen) atoms. The first-order valence-corrected chi connectivity index (χ1v) is 8.85. The fraction of sp³-hybridized carbons (Fsp3) is 0.286. The molecule has 2 aromatic carbocycles. The van der Waals surface area contributed by atoms with Crippen LogP contribution in [0.3, 0.4) is 0 Å². The molecule has 0 saturated carbocycles. The number of hydrogen-bond acceptors (Lipinski definition) is 5. The molecule has 7 nitrogen and oxygen atoms in total. The predicted octanol–water partition coefficient (Wildman–Crippen LogP) is 2.54. The van der Waals surface area contributed by atoms with Gasteiger partial charge in [0.2, 0.25) is 5.91 Å². The van der Waals surface area contributed by atoms with Crippen LogP contribution in [0.1, 0.15) is 19.4 Å². The Kier molecular flexibility index (Phi) is 5.35. The molecule has 0 saturated heterocycles. The summed E-state index contributed by atoms with van der Waals surface area (Å²) in [6, 6.07) is 14.1. The number of methoxy groups -OCH3 is 1. The molecule has 7 heteroatoms. The molecule has 2 aromatic rings. The molecular weight excluding hydrogens is 360 g/mol. The van der Waals surface area contributed by atoms with Crippen molar-refractivity contribution in [3.05, 3.63) is 54.1 Å². The van der Waals surface area contributed by atoms with Gasteiger partial charge < -0.3 is 14.8 Å². The minimum absolute atomic E-state index is 0.0161. The van der Waals surface area contributed by atoms with Crippen molar-refractivity contribution in [2.24, 2.45) is 0 Å². The second-order valence-corrected chi connectivity index (χ2v) is 6.91. The summed E-state index contributed by atoms with van der Waals surface area (Å²) < 4.78 is 10.4. The summed E-state index contributed by atoms with van der Waals surface area (Å²) in [6.07, 6.45) is -0.0161. The molecule has 0 aliphatic carbocycles. The average molecular weight is 382 g/mol. The highest BCUT2D eigenvalue weighted by Gasteiger charge is 2.43. The van der Waals surface area contributed by atoms with Crippen LogP contribution in [0.25, 0.3) is 0 Å². The summed E-state index contributed by atoms with van der Waals surface area (Å²) in [6.45, 7) is 2.83. The van der Waals surface area contributed by atoms with Gasteiger partial charge in [0.15, 0.2) is 6.61 Å². The van der Waals surface area contributed by atoms with Gasteiger partial charge in [0.05, 0.1) is 24.9 Å². The maximum Gasteiger partial charge on any atom is 0.310 e. The Morgan fingerprint density at radius 2 is 1.75 bits per heavy atom. The standard InChI is InChI=1S/C21H22N2O5/c1-21(2)20(26)22-15-9-5-6-10-16(15)23(21)18(24)13-28-19(25)12-14-8-4-7-11-17(14)27-3/h4-11H,12-13H2,1-3H3,(H,22,26). The third-order valence-electron chi connectivity index (χ3n) is 4.64. The van der Waals surface area contributed by atoms with Crippen LogP contribution in [0, 0.1) is 0 Å². The lowest BCUT2D eigenvalue weighted by Gasteiger charge is -2.41. The zero-order chi connectivity index (χ0) is 20.3. The van der Waals surface area contributed by atoms with Gasteiger partial charge in [-0.25, -0.2) is 0 Å². The SMILES string of the molecule is COc1ccccc1CC(=O)OCC(=O)N1c2ccccc2NC(=O)C1(C)C. The van der Waals surface area contributed by atoms with Crippen LogP contribution in [0.4, 0.5) is 11.4 Å². The van der Waals surface area contributed by atoms with E-state index in [1.807, 2.05) is 0 Å². The van der Waals surface area contributed by atoms with Crippen LogP contribution in [0.2, 0.25) is 0 Å². The number of para-hydroxylation sites is 3. The Morgan fingerprint density at radius 3 is 2.50 bits per heavy atom. The number of esters is 1. The highest BCUT2D eigenvalue weighted by atomic mass is 16.5. The van der Waals surface area contributed by atoms with E-state index in [1.165, 1.54) is 12.0 Å². The average Bonchev–Trinajstić information content (AvgIpc) is 2.67. The van der Waals surface area contributed by atoms with Crippen molar-refractivity contribution < 1.29 is 23.9 Å². The van der Waals surface area contributed by atoms with Gasteiger partial charge in [-0.05, 0) is 32.0 Å². The van der Waals surface area contributed by atoms with Crippen LogP contribution in [-0.4, -0.2) is 37.0 Å². The number of amides is 2. The molecule has 3 rings (SSSR count). The Bertz CT molecular complexity index is 923. The van der Waals surface area contributed by atoms with Crippen LogP contribution >= 0.6 is 0 Å². The number of nitrogens with zero attached hydrogens (tertiary/aromatic N) is 1. The van der Waals surface area contributed by atoms with Crippen LogP contribution in [0.5, 0.6) is 5.75 Å². The van der Waals surface area contributed by atoms with E-state index >= 15 is 0 Å². The minimum Gasteiger partial charge on any atom is -0.496 e. The van der Waals surface area contributed by atoms with E-state index in [0.717, 1.165) is 0 Å². The van der Waals surface area contributed by atoms with E-state index in [1.54, 1.807) is 62.4 Å². The van der Waals surface area contributed by atoms with Crippen molar-refractivity contribution >= 4 is 29.2 Å². The van der Waals surface area contributed by atoms with Gasteiger partial charge >= 0.3 is 5.97 Å². The predicted molar refractivity (Wildman–Crippen MR) is 104 cm³/mol. The second-order valence-electron chi connectivity index (χ2n) is 6.91. The summed E-state index contributed by atoms with van der Waals surface area (Å²) in [7, 11) is 1.52. The van der Waals surface area contributed by atoms with E-state index < -0.39 is 24.0 Å². The summed E-state index contributed by atoms with van der Waals surface area (Å²) in [4.78, 5) is 38.8. The van der Waals surface area contributed by atoms with Gasteiger partial charge in [-0.3, -0.25) is 19.3 Å². The Balaban J connectivity index is 1.72. The molecule has 146 valence electrons. The van der Waals surface area contributed by atoms with E-state index in [9.17, 15) is 14.4 Å². The van der Waals surface area contributed by atoms with Gasteiger partial charge in [-0.1, -0.05) is 30.3 Å².